The monoisotopic (exact) mass is 548 g/mol. The second kappa shape index (κ2) is 9.88. The van der Waals surface area contributed by atoms with Crippen LogP contribution >= 0.6 is 0 Å². The highest BCUT2D eigenvalue weighted by Gasteiger charge is 2.48. The van der Waals surface area contributed by atoms with E-state index in [1.807, 2.05) is 23.1 Å². The zero-order valence-corrected chi connectivity index (χ0v) is 21.1. The summed E-state index contributed by atoms with van der Waals surface area (Å²) >= 11 is 0. The maximum atomic E-state index is 13.1. The van der Waals surface area contributed by atoms with Gasteiger partial charge in [-0.05, 0) is 31.7 Å². The van der Waals surface area contributed by atoms with E-state index in [0.29, 0.717) is 32.4 Å². The van der Waals surface area contributed by atoms with E-state index >= 15 is 0 Å². The Bertz CT molecular complexity index is 1620. The Morgan fingerprint density at radius 2 is 1.93 bits per heavy atom. The van der Waals surface area contributed by atoms with Gasteiger partial charge in [-0.1, -0.05) is 0 Å². The lowest BCUT2D eigenvalue weighted by atomic mass is 9.82. The standard InChI is InChI=1S/C26H23F3N10O/c27-26(28,29)24-36-17(10-31)9-21(37-24)40-19-3-1-18(2-4-19)38-13-25(14-38,6-7-30)39-12-16(11-35-39)22-20-5-8-32-23(20)34-15-33-22/h5,8-9,11-12,15,18-19H,1-4,6,13-14H2,(H,32,33,34)/t18-,19+. The molecule has 40 heavy (non-hydrogen) atoms. The minimum absolute atomic E-state index is 0.241. The number of halogens is 3. The van der Waals surface area contributed by atoms with E-state index in [0.717, 1.165) is 41.2 Å². The van der Waals surface area contributed by atoms with Gasteiger partial charge in [0, 0.05) is 48.5 Å². The summed E-state index contributed by atoms with van der Waals surface area (Å²) in [6, 6.07) is 7.25. The third kappa shape index (κ3) is 4.71. The first-order chi connectivity index (χ1) is 19.3. The molecule has 5 heterocycles. The fraction of sp³-hybridized carbons (Fsp3) is 0.423. The first-order valence-corrected chi connectivity index (χ1v) is 12.8. The van der Waals surface area contributed by atoms with Crippen molar-refractivity contribution >= 4 is 11.0 Å². The van der Waals surface area contributed by atoms with Crippen LogP contribution in [0.2, 0.25) is 0 Å². The van der Waals surface area contributed by atoms with Gasteiger partial charge in [-0.15, -0.1) is 0 Å². The van der Waals surface area contributed by atoms with Gasteiger partial charge < -0.3 is 9.72 Å². The normalized spacial score (nSPS) is 20.9. The molecule has 0 atom stereocenters. The van der Waals surface area contributed by atoms with Crippen LogP contribution in [-0.2, 0) is 11.7 Å². The molecule has 14 heteroatoms. The number of likely N-dealkylation sites (tertiary alicyclic amines) is 1. The molecular formula is C26H23F3N10O. The van der Waals surface area contributed by atoms with E-state index in [1.54, 1.807) is 12.3 Å². The summed E-state index contributed by atoms with van der Waals surface area (Å²) in [6.07, 6.45) is 5.06. The molecule has 1 saturated carbocycles. The van der Waals surface area contributed by atoms with Crippen LogP contribution in [0.25, 0.3) is 22.3 Å². The predicted octanol–water partition coefficient (Wildman–Crippen LogP) is 3.82. The largest absolute Gasteiger partial charge is 0.474 e. The van der Waals surface area contributed by atoms with Gasteiger partial charge in [0.1, 0.15) is 35.4 Å². The van der Waals surface area contributed by atoms with Crippen molar-refractivity contribution in [2.45, 2.75) is 56.0 Å². The van der Waals surface area contributed by atoms with E-state index < -0.39 is 17.5 Å². The van der Waals surface area contributed by atoms with Gasteiger partial charge in [-0.25, -0.2) is 15.0 Å². The van der Waals surface area contributed by atoms with Crippen molar-refractivity contribution in [3.8, 4) is 29.3 Å². The van der Waals surface area contributed by atoms with E-state index in [2.05, 4.69) is 41.0 Å². The van der Waals surface area contributed by atoms with Crippen molar-refractivity contribution in [1.82, 2.24) is 39.6 Å². The highest BCUT2D eigenvalue weighted by atomic mass is 19.4. The fourth-order valence-corrected chi connectivity index (χ4v) is 5.63. The summed E-state index contributed by atoms with van der Waals surface area (Å²) in [5.41, 5.74) is 1.52. The smallest absolute Gasteiger partial charge is 0.451 e. The third-order valence-corrected chi connectivity index (χ3v) is 7.62. The van der Waals surface area contributed by atoms with E-state index in [4.69, 9.17) is 10.00 Å². The molecule has 1 N–H and O–H groups in total. The van der Waals surface area contributed by atoms with Gasteiger partial charge >= 0.3 is 6.18 Å². The number of nitrogens with zero attached hydrogens (tertiary/aromatic N) is 9. The Labute approximate surface area is 226 Å². The fourth-order valence-electron chi connectivity index (χ4n) is 5.63. The van der Waals surface area contributed by atoms with Crippen molar-refractivity contribution in [2.24, 2.45) is 0 Å². The summed E-state index contributed by atoms with van der Waals surface area (Å²) in [5, 5.41) is 24.1. The summed E-state index contributed by atoms with van der Waals surface area (Å²) in [4.78, 5) is 20.8. The highest BCUT2D eigenvalue weighted by Crippen LogP contribution is 2.39. The number of H-pyrrole nitrogens is 1. The molecule has 0 unspecified atom stereocenters. The van der Waals surface area contributed by atoms with Crippen molar-refractivity contribution in [2.75, 3.05) is 13.1 Å². The molecular weight excluding hydrogens is 525 g/mol. The first-order valence-electron chi connectivity index (χ1n) is 12.8. The van der Waals surface area contributed by atoms with Crippen molar-refractivity contribution in [3.63, 3.8) is 0 Å². The van der Waals surface area contributed by atoms with Crippen LogP contribution in [0.15, 0.2) is 37.1 Å². The lowest BCUT2D eigenvalue weighted by Crippen LogP contribution is -2.65. The van der Waals surface area contributed by atoms with Gasteiger partial charge in [-0.2, -0.15) is 33.8 Å². The van der Waals surface area contributed by atoms with Crippen LogP contribution in [0.5, 0.6) is 5.88 Å². The van der Waals surface area contributed by atoms with Crippen molar-refractivity contribution in [1.29, 1.82) is 10.5 Å². The molecule has 0 radical (unpaired) electrons. The Balaban J connectivity index is 1.10. The molecule has 6 rings (SSSR count). The second-order valence-corrected chi connectivity index (χ2v) is 10.2. The number of nitrogens with one attached hydrogen (secondary N) is 1. The number of hydrogen-bond donors (Lipinski definition) is 1. The number of alkyl halides is 3. The Kier molecular flexibility index (Phi) is 6.35. The molecule has 0 amide bonds. The molecule has 4 aromatic heterocycles. The summed E-state index contributed by atoms with van der Waals surface area (Å²) in [6.45, 7) is 1.32. The number of nitriles is 2. The molecule has 0 spiro atoms. The maximum absolute atomic E-state index is 13.1. The first kappa shape index (κ1) is 25.7. The van der Waals surface area contributed by atoms with Gasteiger partial charge in [0.25, 0.3) is 0 Å². The summed E-state index contributed by atoms with van der Waals surface area (Å²) in [7, 11) is 0. The SMILES string of the molecule is N#CCC1(n2cc(-c3ncnc4[nH]ccc34)cn2)CN([C@H]2CC[C@@H](Oc3cc(C#N)nc(C(F)(F)F)n3)CC2)C1. The van der Waals surface area contributed by atoms with Crippen molar-refractivity contribution in [3.05, 3.63) is 48.6 Å². The molecule has 4 aromatic rings. The molecule has 0 bridgehead atoms. The highest BCUT2D eigenvalue weighted by molar-refractivity contribution is 5.90. The molecule has 1 aliphatic carbocycles. The molecule has 0 aromatic carbocycles. The number of rotatable bonds is 6. The quantitative estimate of drug-likeness (QED) is 0.380. The summed E-state index contributed by atoms with van der Waals surface area (Å²) < 4.78 is 46.9. The Morgan fingerprint density at radius 3 is 2.65 bits per heavy atom. The van der Waals surface area contributed by atoms with E-state index in [9.17, 15) is 18.4 Å². The van der Waals surface area contributed by atoms with Crippen LogP contribution < -0.4 is 4.74 Å². The molecule has 1 saturated heterocycles. The number of aromatic nitrogens is 7. The average Bonchev–Trinajstić information content (AvgIpc) is 3.61. The van der Waals surface area contributed by atoms with Gasteiger partial charge in [0.05, 0.1) is 24.4 Å². The lowest BCUT2D eigenvalue weighted by molar-refractivity contribution is -0.145. The zero-order chi connectivity index (χ0) is 27.9. The maximum Gasteiger partial charge on any atom is 0.451 e. The molecule has 204 valence electrons. The zero-order valence-electron chi connectivity index (χ0n) is 21.1. The van der Waals surface area contributed by atoms with Crippen LogP contribution in [0.3, 0.4) is 0 Å². The third-order valence-electron chi connectivity index (χ3n) is 7.62. The van der Waals surface area contributed by atoms with Gasteiger partial charge in [-0.3, -0.25) is 9.58 Å². The topological polar surface area (TPSA) is 145 Å². The van der Waals surface area contributed by atoms with Crippen LogP contribution in [-0.4, -0.2) is 64.8 Å². The predicted molar refractivity (Wildman–Crippen MR) is 133 cm³/mol. The second-order valence-electron chi connectivity index (χ2n) is 10.2. The van der Waals surface area contributed by atoms with Crippen LogP contribution in [0, 0.1) is 22.7 Å². The Hall–Kier alpha value is -4.56. The average molecular weight is 549 g/mol. The summed E-state index contributed by atoms with van der Waals surface area (Å²) in [5.74, 6) is -1.63. The molecule has 2 aliphatic rings. The number of hydrogen-bond acceptors (Lipinski definition) is 9. The lowest BCUT2D eigenvalue weighted by Gasteiger charge is -2.53. The van der Waals surface area contributed by atoms with E-state index in [1.165, 1.54) is 6.33 Å². The minimum atomic E-state index is -4.77. The number of aromatic amines is 1. The van der Waals surface area contributed by atoms with Crippen LogP contribution in [0.1, 0.15) is 43.6 Å². The number of fused-ring (bicyclic) bond motifs is 1. The molecule has 1 aliphatic heterocycles. The number of ether oxygens (including phenoxy) is 1. The van der Waals surface area contributed by atoms with Gasteiger partial charge in [0.15, 0.2) is 0 Å². The minimum Gasteiger partial charge on any atom is -0.474 e. The van der Waals surface area contributed by atoms with E-state index in [-0.39, 0.29) is 23.7 Å². The Morgan fingerprint density at radius 1 is 1.12 bits per heavy atom. The van der Waals surface area contributed by atoms with Crippen LogP contribution in [0.4, 0.5) is 13.2 Å². The molecule has 2 fully saturated rings. The van der Waals surface area contributed by atoms with Crippen molar-refractivity contribution < 1.29 is 17.9 Å². The molecule has 11 nitrogen and oxygen atoms in total. The van der Waals surface area contributed by atoms with Gasteiger partial charge in [0.2, 0.25) is 11.7 Å².